The Morgan fingerprint density at radius 1 is 1.07 bits per heavy atom. The van der Waals surface area contributed by atoms with Crippen LogP contribution in [0.3, 0.4) is 0 Å². The Bertz CT molecular complexity index is 1090. The molecule has 2 heterocycles. The Kier molecular flexibility index (Phi) is 4.96. The van der Waals surface area contributed by atoms with Gasteiger partial charge in [-0.25, -0.2) is 9.18 Å². The topological polar surface area (TPSA) is 51.2 Å². The maximum atomic E-state index is 13.2. The number of carbonyl (C=O) groups is 1. The first kappa shape index (κ1) is 18.0. The Balaban J connectivity index is 1.64. The molecule has 1 amide bonds. The van der Waals surface area contributed by atoms with Gasteiger partial charge in [0, 0.05) is 17.3 Å². The number of aromatic nitrogens is 1. The summed E-state index contributed by atoms with van der Waals surface area (Å²) in [4.78, 5) is 16.2. The lowest BCUT2D eigenvalue weighted by molar-refractivity contribution is 0.132. The largest absolute Gasteiger partial charge is 0.439 e. The Morgan fingerprint density at radius 2 is 1.86 bits per heavy atom. The summed E-state index contributed by atoms with van der Waals surface area (Å²) in [6.45, 7) is 0. The molecule has 1 fully saturated rings. The van der Waals surface area contributed by atoms with Crippen molar-refractivity contribution in [1.82, 2.24) is 10.3 Å². The van der Waals surface area contributed by atoms with Gasteiger partial charge in [-0.2, -0.15) is 0 Å². The Labute approximate surface area is 166 Å². The number of hydrogen-bond acceptors (Lipinski definition) is 3. The zero-order valence-electron chi connectivity index (χ0n) is 14.5. The fourth-order valence-corrected chi connectivity index (χ4v) is 3.14. The van der Waals surface area contributed by atoms with Gasteiger partial charge in [-0.1, -0.05) is 47.7 Å². The van der Waals surface area contributed by atoms with Gasteiger partial charge in [-0.05, 0) is 42.0 Å². The van der Waals surface area contributed by atoms with Crippen LogP contribution in [0.1, 0.15) is 34.5 Å². The van der Waals surface area contributed by atoms with E-state index in [1.165, 1.54) is 12.1 Å². The standard InChI is InChI=1S/C22H14ClFN2O2/c23-18-4-2-1-3-15(18)6-5-14-11-12-25-19(13-14)20-21(28-22(27)26-20)16-7-9-17(24)10-8-16/h1-4,7-13,20-21H,(H,26,27)/t20-,21-/m0/s1. The van der Waals surface area contributed by atoms with Gasteiger partial charge in [-0.3, -0.25) is 4.98 Å². The van der Waals surface area contributed by atoms with Crippen molar-refractivity contribution in [2.24, 2.45) is 0 Å². The van der Waals surface area contributed by atoms with Crippen molar-refractivity contribution >= 4 is 17.7 Å². The average Bonchev–Trinajstić information content (AvgIpc) is 3.10. The van der Waals surface area contributed by atoms with E-state index in [0.29, 0.717) is 16.3 Å². The number of alkyl carbamates (subject to hydrolysis) is 1. The van der Waals surface area contributed by atoms with Crippen LogP contribution >= 0.6 is 11.6 Å². The van der Waals surface area contributed by atoms with Gasteiger partial charge < -0.3 is 10.1 Å². The molecule has 138 valence electrons. The number of rotatable bonds is 2. The second-order valence-corrected chi connectivity index (χ2v) is 6.61. The molecule has 2 aromatic carbocycles. The number of pyridine rings is 1. The normalized spacial score (nSPS) is 18.0. The molecule has 1 saturated heterocycles. The average molecular weight is 393 g/mol. The zero-order valence-corrected chi connectivity index (χ0v) is 15.3. The van der Waals surface area contributed by atoms with E-state index in [2.05, 4.69) is 22.1 Å². The molecule has 1 aliphatic rings. The minimum Gasteiger partial charge on any atom is -0.439 e. The van der Waals surface area contributed by atoms with Gasteiger partial charge in [0.05, 0.1) is 10.7 Å². The molecule has 1 aromatic heterocycles. The van der Waals surface area contributed by atoms with Gasteiger partial charge in [-0.15, -0.1) is 0 Å². The van der Waals surface area contributed by atoms with Gasteiger partial charge in [0.2, 0.25) is 0 Å². The first-order valence-electron chi connectivity index (χ1n) is 8.55. The molecule has 4 nitrogen and oxygen atoms in total. The molecular weight excluding hydrogens is 379 g/mol. The summed E-state index contributed by atoms with van der Waals surface area (Å²) in [6.07, 6.45) is 0.471. The molecular formula is C22H14ClFN2O2. The SMILES string of the molecule is O=C1N[C@@H](c2cc(C#Cc3ccccc3Cl)ccn2)[C@H](c2ccc(F)cc2)O1. The predicted octanol–water partition coefficient (Wildman–Crippen LogP) is 4.80. The van der Waals surface area contributed by atoms with Crippen molar-refractivity contribution in [3.8, 4) is 11.8 Å². The maximum Gasteiger partial charge on any atom is 0.408 e. The summed E-state index contributed by atoms with van der Waals surface area (Å²) in [5.74, 6) is 5.74. The number of amides is 1. The van der Waals surface area contributed by atoms with E-state index >= 15 is 0 Å². The highest BCUT2D eigenvalue weighted by Crippen LogP contribution is 2.36. The number of carbonyl (C=O) groups excluding carboxylic acids is 1. The maximum absolute atomic E-state index is 13.2. The lowest BCUT2D eigenvalue weighted by atomic mass is 9.99. The number of nitrogens with zero attached hydrogens (tertiary/aromatic N) is 1. The molecule has 3 aromatic rings. The molecule has 0 aliphatic carbocycles. The summed E-state index contributed by atoms with van der Waals surface area (Å²) in [5.41, 5.74) is 2.73. The van der Waals surface area contributed by atoms with Crippen molar-refractivity contribution in [1.29, 1.82) is 0 Å². The van der Waals surface area contributed by atoms with Gasteiger partial charge >= 0.3 is 6.09 Å². The van der Waals surface area contributed by atoms with Crippen LogP contribution < -0.4 is 5.32 Å². The van der Waals surface area contributed by atoms with Crippen molar-refractivity contribution in [3.63, 3.8) is 0 Å². The number of benzene rings is 2. The third-order valence-electron chi connectivity index (χ3n) is 4.32. The fourth-order valence-electron chi connectivity index (χ4n) is 2.96. The highest BCUT2D eigenvalue weighted by Gasteiger charge is 2.37. The van der Waals surface area contributed by atoms with Crippen LogP contribution in [-0.2, 0) is 4.74 Å². The monoisotopic (exact) mass is 392 g/mol. The Hall–Kier alpha value is -3.36. The summed E-state index contributed by atoms with van der Waals surface area (Å²) >= 11 is 6.13. The molecule has 2 atom stereocenters. The fraction of sp³-hybridized carbons (Fsp3) is 0.0909. The van der Waals surface area contributed by atoms with Crippen LogP contribution in [0.5, 0.6) is 0 Å². The minimum atomic E-state index is -0.604. The highest BCUT2D eigenvalue weighted by molar-refractivity contribution is 6.31. The summed E-state index contributed by atoms with van der Waals surface area (Å²) in [6, 6.07) is 16.2. The molecule has 1 N–H and O–H groups in total. The molecule has 28 heavy (non-hydrogen) atoms. The van der Waals surface area contributed by atoms with Crippen molar-refractivity contribution in [2.45, 2.75) is 12.1 Å². The number of halogens is 2. The quantitative estimate of drug-likeness (QED) is 0.637. The molecule has 0 saturated carbocycles. The molecule has 4 rings (SSSR count). The van der Waals surface area contributed by atoms with Crippen LogP contribution in [0.25, 0.3) is 0 Å². The third kappa shape index (κ3) is 3.83. The zero-order chi connectivity index (χ0) is 19.5. The lowest BCUT2D eigenvalue weighted by Gasteiger charge is -2.17. The lowest BCUT2D eigenvalue weighted by Crippen LogP contribution is -2.20. The summed E-state index contributed by atoms with van der Waals surface area (Å²) in [7, 11) is 0. The van der Waals surface area contributed by atoms with E-state index in [-0.39, 0.29) is 5.82 Å². The summed E-state index contributed by atoms with van der Waals surface area (Å²) in [5, 5.41) is 3.34. The molecule has 1 aliphatic heterocycles. The molecule has 0 unspecified atom stereocenters. The van der Waals surface area contributed by atoms with E-state index in [9.17, 15) is 9.18 Å². The van der Waals surface area contributed by atoms with Crippen molar-refractivity contribution in [3.05, 3.63) is 100 Å². The number of ether oxygens (including phenoxy) is 1. The van der Waals surface area contributed by atoms with E-state index < -0.39 is 18.2 Å². The minimum absolute atomic E-state index is 0.354. The third-order valence-corrected chi connectivity index (χ3v) is 4.65. The van der Waals surface area contributed by atoms with E-state index in [1.54, 1.807) is 36.5 Å². The molecule has 0 spiro atoms. The van der Waals surface area contributed by atoms with Crippen LogP contribution in [0.4, 0.5) is 9.18 Å². The van der Waals surface area contributed by atoms with Gasteiger partial charge in [0.15, 0.2) is 6.10 Å². The van der Waals surface area contributed by atoms with Crippen molar-refractivity contribution < 1.29 is 13.9 Å². The van der Waals surface area contributed by atoms with Gasteiger partial charge in [0.25, 0.3) is 0 Å². The smallest absolute Gasteiger partial charge is 0.408 e. The number of nitrogens with one attached hydrogen (secondary N) is 1. The van der Waals surface area contributed by atoms with Crippen LogP contribution in [0, 0.1) is 17.7 Å². The van der Waals surface area contributed by atoms with Crippen molar-refractivity contribution in [2.75, 3.05) is 0 Å². The first-order valence-corrected chi connectivity index (χ1v) is 8.93. The molecule has 0 bridgehead atoms. The number of cyclic esters (lactones) is 1. The van der Waals surface area contributed by atoms with E-state index in [4.69, 9.17) is 16.3 Å². The Morgan fingerprint density at radius 3 is 2.64 bits per heavy atom. The number of hydrogen-bond donors (Lipinski definition) is 1. The van der Waals surface area contributed by atoms with E-state index in [1.807, 2.05) is 18.2 Å². The van der Waals surface area contributed by atoms with Crippen LogP contribution in [-0.4, -0.2) is 11.1 Å². The van der Waals surface area contributed by atoms with E-state index in [0.717, 1.165) is 11.1 Å². The van der Waals surface area contributed by atoms with Crippen LogP contribution in [0.2, 0.25) is 5.02 Å². The second kappa shape index (κ2) is 7.71. The second-order valence-electron chi connectivity index (χ2n) is 6.20. The van der Waals surface area contributed by atoms with Crippen LogP contribution in [0.15, 0.2) is 66.9 Å². The highest BCUT2D eigenvalue weighted by atomic mass is 35.5. The molecule has 0 radical (unpaired) electrons. The predicted molar refractivity (Wildman–Crippen MR) is 103 cm³/mol. The summed E-state index contributed by atoms with van der Waals surface area (Å²) < 4.78 is 18.6. The molecule has 6 heteroatoms. The van der Waals surface area contributed by atoms with Gasteiger partial charge in [0.1, 0.15) is 11.9 Å². The first-order chi connectivity index (χ1) is 13.6.